The fourth-order valence-corrected chi connectivity index (χ4v) is 2.02. The molecular formula is C15H32N2. The van der Waals surface area contributed by atoms with E-state index in [4.69, 9.17) is 0 Å². The minimum Gasteiger partial charge on any atom is -0.315 e. The Morgan fingerprint density at radius 1 is 1.29 bits per heavy atom. The van der Waals surface area contributed by atoms with Gasteiger partial charge in [-0.25, -0.2) is 0 Å². The van der Waals surface area contributed by atoms with Crippen molar-refractivity contribution >= 4 is 0 Å². The molecule has 0 fully saturated rings. The van der Waals surface area contributed by atoms with Crippen LogP contribution >= 0.6 is 0 Å². The first-order valence-electron chi connectivity index (χ1n) is 7.13. The molecule has 1 atom stereocenters. The van der Waals surface area contributed by atoms with Crippen molar-refractivity contribution in [3.8, 4) is 0 Å². The van der Waals surface area contributed by atoms with Crippen LogP contribution in [0.3, 0.4) is 0 Å². The molecule has 0 amide bonds. The van der Waals surface area contributed by atoms with Crippen molar-refractivity contribution < 1.29 is 0 Å². The number of nitrogens with one attached hydrogen (secondary N) is 1. The lowest BCUT2D eigenvalue weighted by Crippen LogP contribution is -2.41. The van der Waals surface area contributed by atoms with Gasteiger partial charge >= 0.3 is 0 Å². The highest BCUT2D eigenvalue weighted by Crippen LogP contribution is 2.06. The summed E-state index contributed by atoms with van der Waals surface area (Å²) in [5.74, 6) is 0.739. The van der Waals surface area contributed by atoms with Crippen LogP contribution in [-0.2, 0) is 0 Å². The van der Waals surface area contributed by atoms with Gasteiger partial charge < -0.3 is 10.2 Å². The van der Waals surface area contributed by atoms with Gasteiger partial charge in [-0.15, -0.1) is 6.58 Å². The Morgan fingerprint density at radius 2 is 2.00 bits per heavy atom. The second-order valence-corrected chi connectivity index (χ2v) is 5.41. The average Bonchev–Trinajstić information content (AvgIpc) is 2.27. The number of unbranched alkanes of at least 4 members (excludes halogenated alkanes) is 1. The van der Waals surface area contributed by atoms with Gasteiger partial charge in [0.25, 0.3) is 0 Å². The molecule has 0 heterocycles. The summed E-state index contributed by atoms with van der Waals surface area (Å²) in [6.07, 6.45) is 6.92. The van der Waals surface area contributed by atoms with E-state index in [9.17, 15) is 0 Å². The molecule has 0 aromatic heterocycles. The lowest BCUT2D eigenvalue weighted by Gasteiger charge is -2.28. The van der Waals surface area contributed by atoms with Gasteiger partial charge in [0.05, 0.1) is 0 Å². The van der Waals surface area contributed by atoms with Crippen molar-refractivity contribution in [1.29, 1.82) is 0 Å². The Kier molecular flexibility index (Phi) is 10.6. The van der Waals surface area contributed by atoms with E-state index in [-0.39, 0.29) is 0 Å². The van der Waals surface area contributed by atoms with Crippen LogP contribution in [0.5, 0.6) is 0 Å². The highest BCUT2D eigenvalue weighted by Gasteiger charge is 2.12. The quantitative estimate of drug-likeness (QED) is 0.440. The van der Waals surface area contributed by atoms with Crippen LogP contribution in [0, 0.1) is 5.92 Å². The number of hydrogen-bond donors (Lipinski definition) is 1. The van der Waals surface area contributed by atoms with E-state index < -0.39 is 0 Å². The Hall–Kier alpha value is -0.340. The van der Waals surface area contributed by atoms with Gasteiger partial charge in [-0.3, -0.25) is 0 Å². The number of hydrogen-bond acceptors (Lipinski definition) is 2. The molecule has 0 aliphatic rings. The summed E-state index contributed by atoms with van der Waals surface area (Å²) in [6, 6.07) is 0.684. The fourth-order valence-electron chi connectivity index (χ4n) is 2.02. The number of allylic oxidation sites excluding steroid dienone is 1. The van der Waals surface area contributed by atoms with Gasteiger partial charge in [-0.2, -0.15) is 0 Å². The summed E-state index contributed by atoms with van der Waals surface area (Å²) in [4.78, 5) is 2.50. The van der Waals surface area contributed by atoms with E-state index in [1.54, 1.807) is 0 Å². The van der Waals surface area contributed by atoms with Crippen molar-refractivity contribution in [2.45, 2.75) is 52.5 Å². The van der Waals surface area contributed by atoms with Crippen molar-refractivity contribution in [2.75, 3.05) is 26.7 Å². The molecule has 0 aliphatic heterocycles. The molecule has 17 heavy (non-hydrogen) atoms. The van der Waals surface area contributed by atoms with Crippen LogP contribution < -0.4 is 5.32 Å². The normalized spacial score (nSPS) is 13.3. The molecule has 0 aromatic carbocycles. The highest BCUT2D eigenvalue weighted by molar-refractivity contribution is 4.73. The summed E-state index contributed by atoms with van der Waals surface area (Å²) < 4.78 is 0. The third-order valence-electron chi connectivity index (χ3n) is 3.10. The van der Waals surface area contributed by atoms with Crippen LogP contribution in [0.15, 0.2) is 12.7 Å². The minimum absolute atomic E-state index is 0.684. The van der Waals surface area contributed by atoms with E-state index in [0.29, 0.717) is 6.04 Å². The van der Waals surface area contributed by atoms with Crippen LogP contribution in [0.2, 0.25) is 0 Å². The maximum absolute atomic E-state index is 3.78. The molecule has 0 radical (unpaired) electrons. The largest absolute Gasteiger partial charge is 0.315 e. The van der Waals surface area contributed by atoms with Gasteiger partial charge in [0.1, 0.15) is 0 Å². The molecule has 0 spiro atoms. The number of likely N-dealkylation sites (N-methyl/N-ethyl adjacent to an activating group) is 1. The second-order valence-electron chi connectivity index (χ2n) is 5.41. The molecule has 1 unspecified atom stereocenters. The Morgan fingerprint density at radius 3 is 2.53 bits per heavy atom. The molecule has 0 aliphatic carbocycles. The zero-order valence-electron chi connectivity index (χ0n) is 12.3. The zero-order chi connectivity index (χ0) is 13.1. The third-order valence-corrected chi connectivity index (χ3v) is 3.10. The maximum Gasteiger partial charge on any atom is 0.0217 e. The molecule has 0 aromatic rings. The number of rotatable bonds is 11. The Bertz CT molecular complexity index is 178. The monoisotopic (exact) mass is 240 g/mol. The van der Waals surface area contributed by atoms with Crippen molar-refractivity contribution in [1.82, 2.24) is 10.2 Å². The summed E-state index contributed by atoms with van der Waals surface area (Å²) in [7, 11) is 2.25. The predicted molar refractivity (Wildman–Crippen MR) is 78.5 cm³/mol. The van der Waals surface area contributed by atoms with Gasteiger partial charge in [-0.05, 0) is 45.3 Å². The van der Waals surface area contributed by atoms with E-state index in [1.165, 1.54) is 25.8 Å². The second kappa shape index (κ2) is 10.8. The average molecular weight is 240 g/mol. The third kappa shape index (κ3) is 9.37. The first-order valence-corrected chi connectivity index (χ1v) is 7.13. The SMILES string of the molecule is C=CCCCN(C)C(CCC)CNCC(C)C. The van der Waals surface area contributed by atoms with Gasteiger partial charge in [-0.1, -0.05) is 33.3 Å². The molecule has 0 bridgehead atoms. The molecular weight excluding hydrogens is 208 g/mol. The summed E-state index contributed by atoms with van der Waals surface area (Å²) >= 11 is 0. The molecule has 0 saturated heterocycles. The molecule has 0 saturated carbocycles. The zero-order valence-corrected chi connectivity index (χ0v) is 12.3. The minimum atomic E-state index is 0.684. The Labute approximate surface area is 108 Å². The van der Waals surface area contributed by atoms with E-state index in [1.807, 2.05) is 6.08 Å². The summed E-state index contributed by atoms with van der Waals surface area (Å²) in [5, 5.41) is 3.58. The van der Waals surface area contributed by atoms with E-state index in [2.05, 4.69) is 44.6 Å². The highest BCUT2D eigenvalue weighted by atomic mass is 15.1. The van der Waals surface area contributed by atoms with Gasteiger partial charge in [0.2, 0.25) is 0 Å². The first-order chi connectivity index (χ1) is 8.11. The lowest BCUT2D eigenvalue weighted by molar-refractivity contribution is 0.219. The van der Waals surface area contributed by atoms with E-state index >= 15 is 0 Å². The molecule has 2 nitrogen and oxygen atoms in total. The molecule has 1 N–H and O–H groups in total. The fraction of sp³-hybridized carbons (Fsp3) is 0.867. The first kappa shape index (κ1) is 16.7. The van der Waals surface area contributed by atoms with Gasteiger partial charge in [0, 0.05) is 12.6 Å². The van der Waals surface area contributed by atoms with E-state index in [0.717, 1.165) is 25.4 Å². The lowest BCUT2D eigenvalue weighted by atomic mass is 10.1. The topological polar surface area (TPSA) is 15.3 Å². The smallest absolute Gasteiger partial charge is 0.0217 e. The predicted octanol–water partition coefficient (Wildman–Crippen LogP) is 3.30. The van der Waals surface area contributed by atoms with Crippen LogP contribution in [0.4, 0.5) is 0 Å². The van der Waals surface area contributed by atoms with Crippen LogP contribution in [0.1, 0.15) is 46.5 Å². The van der Waals surface area contributed by atoms with Crippen LogP contribution in [-0.4, -0.2) is 37.6 Å². The maximum atomic E-state index is 3.78. The Balaban J connectivity index is 3.88. The van der Waals surface area contributed by atoms with Crippen LogP contribution in [0.25, 0.3) is 0 Å². The van der Waals surface area contributed by atoms with Crippen molar-refractivity contribution in [3.63, 3.8) is 0 Å². The molecule has 102 valence electrons. The summed E-state index contributed by atoms with van der Waals surface area (Å²) in [6.45, 7) is 14.0. The van der Waals surface area contributed by atoms with Crippen molar-refractivity contribution in [3.05, 3.63) is 12.7 Å². The summed E-state index contributed by atoms with van der Waals surface area (Å²) in [5.41, 5.74) is 0. The van der Waals surface area contributed by atoms with Gasteiger partial charge in [0.15, 0.2) is 0 Å². The molecule has 2 heteroatoms. The standard InChI is InChI=1S/C15H32N2/c1-6-8-9-11-17(5)15(10-7-2)13-16-12-14(3)4/h6,14-16H,1,7-13H2,2-5H3. The van der Waals surface area contributed by atoms with Crippen molar-refractivity contribution in [2.24, 2.45) is 5.92 Å². The number of nitrogens with zero attached hydrogens (tertiary/aromatic N) is 1. The molecule has 0 rings (SSSR count).